The average molecular weight is 455 g/mol. The Morgan fingerprint density at radius 1 is 1.03 bits per heavy atom. The quantitative estimate of drug-likeness (QED) is 0.180. The molecule has 6 nitrogen and oxygen atoms in total. The Morgan fingerprint density at radius 3 is 2.41 bits per heavy atom. The average Bonchev–Trinajstić information content (AvgIpc) is 3.07. The number of rotatable bonds is 17. The van der Waals surface area contributed by atoms with E-state index in [4.69, 9.17) is 9.47 Å². The summed E-state index contributed by atoms with van der Waals surface area (Å²) in [5.74, 6) is -0.308. The van der Waals surface area contributed by atoms with E-state index in [1.165, 1.54) is 0 Å². The van der Waals surface area contributed by atoms with Crippen molar-refractivity contribution in [3.63, 3.8) is 0 Å². The van der Waals surface area contributed by atoms with Crippen LogP contribution in [0.25, 0.3) is 0 Å². The van der Waals surface area contributed by atoms with Gasteiger partial charge in [-0.25, -0.2) is 0 Å². The van der Waals surface area contributed by atoms with E-state index in [9.17, 15) is 19.5 Å². The number of aliphatic hydroxyl groups is 1. The van der Waals surface area contributed by atoms with Crippen LogP contribution in [-0.2, 0) is 23.9 Å². The van der Waals surface area contributed by atoms with Crippen LogP contribution in [0.5, 0.6) is 0 Å². The number of ether oxygens (including phenoxy) is 2. The maximum absolute atomic E-state index is 13.0. The Morgan fingerprint density at radius 2 is 1.75 bits per heavy atom. The second-order valence-corrected chi connectivity index (χ2v) is 9.42. The normalized spacial score (nSPS) is 22.5. The van der Waals surface area contributed by atoms with Crippen LogP contribution in [0.4, 0.5) is 0 Å². The molecule has 186 valence electrons. The Bertz CT molecular complexity index is 575. The van der Waals surface area contributed by atoms with Crippen molar-refractivity contribution >= 4 is 17.7 Å². The Balaban J connectivity index is 2.72. The van der Waals surface area contributed by atoms with Gasteiger partial charge in [0.15, 0.2) is 0 Å². The monoisotopic (exact) mass is 454 g/mol. The predicted octanol–water partition coefficient (Wildman–Crippen LogP) is 5.39. The lowest BCUT2D eigenvalue weighted by atomic mass is 9.70. The van der Waals surface area contributed by atoms with Gasteiger partial charge >= 0.3 is 11.9 Å². The van der Waals surface area contributed by atoms with Gasteiger partial charge in [0, 0.05) is 12.8 Å². The molecule has 0 saturated heterocycles. The van der Waals surface area contributed by atoms with Gasteiger partial charge < -0.3 is 14.6 Å². The Labute approximate surface area is 194 Å². The van der Waals surface area contributed by atoms with E-state index >= 15 is 0 Å². The molecule has 1 aliphatic rings. The number of hydrogen-bond donors (Lipinski definition) is 1. The van der Waals surface area contributed by atoms with Crippen molar-refractivity contribution in [2.75, 3.05) is 13.2 Å². The zero-order valence-electron chi connectivity index (χ0n) is 20.8. The third kappa shape index (κ3) is 8.84. The minimum Gasteiger partial charge on any atom is -0.466 e. The van der Waals surface area contributed by atoms with Crippen LogP contribution in [0.1, 0.15) is 111 Å². The number of carbonyl (C=O) groups excluding carboxylic acids is 3. The lowest BCUT2D eigenvalue weighted by Crippen LogP contribution is -2.42. The van der Waals surface area contributed by atoms with Crippen molar-refractivity contribution in [2.24, 2.45) is 17.3 Å². The summed E-state index contributed by atoms with van der Waals surface area (Å²) in [6.45, 7) is 8.46. The number of unbranched alkanes of at least 4 members (excludes halogenated alkanes) is 2. The molecule has 1 rings (SSSR count). The molecule has 6 heteroatoms. The van der Waals surface area contributed by atoms with Gasteiger partial charge in [-0.15, -0.1) is 0 Å². The summed E-state index contributed by atoms with van der Waals surface area (Å²) in [6, 6.07) is 0. The number of esters is 2. The SMILES string of the molecule is CCCCCC(O)CCC1CCC(=O)C1(CCCC(C)CCC(=O)OCC)C(=O)OCC. The second-order valence-electron chi connectivity index (χ2n) is 9.42. The van der Waals surface area contributed by atoms with Crippen LogP contribution in [0.2, 0.25) is 0 Å². The van der Waals surface area contributed by atoms with Crippen LogP contribution in [0.15, 0.2) is 0 Å². The fourth-order valence-corrected chi connectivity index (χ4v) is 5.02. The molecule has 1 saturated carbocycles. The first-order valence-electron chi connectivity index (χ1n) is 12.9. The number of ketones is 1. The minimum absolute atomic E-state index is 0.000555. The van der Waals surface area contributed by atoms with Gasteiger partial charge in [0.25, 0.3) is 0 Å². The van der Waals surface area contributed by atoms with E-state index in [0.717, 1.165) is 44.9 Å². The highest BCUT2D eigenvalue weighted by Gasteiger charge is 2.55. The van der Waals surface area contributed by atoms with Gasteiger partial charge in [-0.1, -0.05) is 46.0 Å². The first kappa shape index (κ1) is 28.6. The van der Waals surface area contributed by atoms with Crippen LogP contribution in [0, 0.1) is 17.3 Å². The molecule has 4 unspecified atom stereocenters. The Hall–Kier alpha value is -1.43. The summed E-state index contributed by atoms with van der Waals surface area (Å²) in [4.78, 5) is 37.6. The predicted molar refractivity (Wildman–Crippen MR) is 125 cm³/mol. The lowest BCUT2D eigenvalue weighted by Gasteiger charge is -2.32. The van der Waals surface area contributed by atoms with E-state index in [1.54, 1.807) is 13.8 Å². The van der Waals surface area contributed by atoms with Crippen molar-refractivity contribution in [1.29, 1.82) is 0 Å². The highest BCUT2D eigenvalue weighted by Crippen LogP contribution is 2.48. The van der Waals surface area contributed by atoms with E-state index in [-0.39, 0.29) is 36.4 Å². The molecule has 4 atom stereocenters. The lowest BCUT2D eigenvalue weighted by molar-refractivity contribution is -0.162. The van der Waals surface area contributed by atoms with E-state index in [1.807, 2.05) is 0 Å². The summed E-state index contributed by atoms with van der Waals surface area (Å²) in [5, 5.41) is 10.4. The van der Waals surface area contributed by atoms with Crippen molar-refractivity contribution in [1.82, 2.24) is 0 Å². The van der Waals surface area contributed by atoms with Gasteiger partial charge in [0.2, 0.25) is 0 Å². The van der Waals surface area contributed by atoms with Gasteiger partial charge in [0.1, 0.15) is 11.2 Å². The third-order valence-corrected chi connectivity index (χ3v) is 6.96. The van der Waals surface area contributed by atoms with Crippen molar-refractivity contribution < 1.29 is 29.0 Å². The molecule has 0 heterocycles. The zero-order valence-corrected chi connectivity index (χ0v) is 20.8. The molecule has 0 aliphatic heterocycles. The Kier molecular flexibility index (Phi) is 13.8. The molecule has 0 spiro atoms. The molecule has 1 aliphatic carbocycles. The summed E-state index contributed by atoms with van der Waals surface area (Å²) >= 11 is 0. The second kappa shape index (κ2) is 15.4. The molecule has 0 bridgehead atoms. The summed E-state index contributed by atoms with van der Waals surface area (Å²) in [6.07, 6.45) is 9.26. The van der Waals surface area contributed by atoms with E-state index < -0.39 is 5.41 Å². The fraction of sp³-hybridized carbons (Fsp3) is 0.885. The molecule has 0 amide bonds. The van der Waals surface area contributed by atoms with Gasteiger partial charge in [-0.05, 0) is 64.2 Å². The summed E-state index contributed by atoms with van der Waals surface area (Å²) in [5.41, 5.74) is -1.07. The van der Waals surface area contributed by atoms with Gasteiger partial charge in [0.05, 0.1) is 19.3 Å². The van der Waals surface area contributed by atoms with Crippen LogP contribution < -0.4 is 0 Å². The highest BCUT2D eigenvalue weighted by molar-refractivity contribution is 6.05. The molecular weight excluding hydrogens is 408 g/mol. The maximum Gasteiger partial charge on any atom is 0.319 e. The van der Waals surface area contributed by atoms with Crippen molar-refractivity contribution in [3.8, 4) is 0 Å². The maximum atomic E-state index is 13.0. The minimum atomic E-state index is -1.07. The topological polar surface area (TPSA) is 89.9 Å². The standard InChI is InChI=1S/C26H46O6/c1-5-8-9-12-22(27)16-14-21-15-17-23(28)26(21,25(30)32-7-3)19-10-11-20(4)13-18-24(29)31-6-2/h20-22,27H,5-19H2,1-4H3. The highest BCUT2D eigenvalue weighted by atomic mass is 16.5. The van der Waals surface area contributed by atoms with Crippen molar-refractivity contribution in [2.45, 2.75) is 117 Å². The molecule has 1 N–H and O–H groups in total. The molecule has 32 heavy (non-hydrogen) atoms. The van der Waals surface area contributed by atoms with Crippen LogP contribution in [-0.4, -0.2) is 42.1 Å². The van der Waals surface area contributed by atoms with Crippen LogP contribution >= 0.6 is 0 Å². The summed E-state index contributed by atoms with van der Waals surface area (Å²) in [7, 11) is 0. The van der Waals surface area contributed by atoms with Gasteiger partial charge in [-0.3, -0.25) is 14.4 Å². The molecule has 0 aromatic carbocycles. The van der Waals surface area contributed by atoms with Gasteiger partial charge in [-0.2, -0.15) is 0 Å². The number of Topliss-reactive ketones (excluding diaryl/α,β-unsaturated/α-hetero) is 1. The van der Waals surface area contributed by atoms with E-state index in [2.05, 4.69) is 13.8 Å². The van der Waals surface area contributed by atoms with Crippen molar-refractivity contribution in [3.05, 3.63) is 0 Å². The summed E-state index contributed by atoms with van der Waals surface area (Å²) < 4.78 is 10.4. The largest absolute Gasteiger partial charge is 0.466 e. The fourth-order valence-electron chi connectivity index (χ4n) is 5.02. The number of hydrogen-bond acceptors (Lipinski definition) is 6. The smallest absolute Gasteiger partial charge is 0.319 e. The number of aliphatic hydroxyl groups excluding tert-OH is 1. The molecule has 0 aromatic rings. The van der Waals surface area contributed by atoms with E-state index in [0.29, 0.717) is 51.0 Å². The zero-order chi connectivity index (χ0) is 24.0. The molecular formula is C26H46O6. The molecule has 0 aromatic heterocycles. The first-order chi connectivity index (χ1) is 15.3. The first-order valence-corrected chi connectivity index (χ1v) is 12.9. The number of carbonyl (C=O) groups is 3. The third-order valence-electron chi connectivity index (χ3n) is 6.96. The molecule has 0 radical (unpaired) electrons. The van der Waals surface area contributed by atoms with Crippen LogP contribution in [0.3, 0.4) is 0 Å². The molecule has 1 fully saturated rings.